The molecule has 26 heteroatoms. The minimum Gasteiger partial charge on any atom is -0.481 e. The van der Waals surface area contributed by atoms with Crippen molar-refractivity contribution in [3.05, 3.63) is 0 Å². The van der Waals surface area contributed by atoms with Gasteiger partial charge in [0.15, 0.2) is 0 Å². The zero-order valence-electron chi connectivity index (χ0n) is 62.1. The maximum absolute atomic E-state index is 12.1. The normalized spacial score (nSPS) is 20.8. The van der Waals surface area contributed by atoms with E-state index in [1.165, 1.54) is 0 Å². The van der Waals surface area contributed by atoms with Gasteiger partial charge in [-0.05, 0) is 172 Å². The Hall–Kier alpha value is -6.89. The number of carbonyl (C=O) groups is 13. The fourth-order valence-corrected chi connectivity index (χ4v) is 10.2. The number of aliphatic carboxylic acids is 5. The third kappa shape index (κ3) is 34.8. The first-order valence-electron chi connectivity index (χ1n) is 35.7. The average molecular weight is 1420 g/mol. The smallest absolute Gasteiger partial charge is 0.311 e. The number of hydrogen-bond donors (Lipinski definition) is 5. The first-order chi connectivity index (χ1) is 46.2. The van der Waals surface area contributed by atoms with E-state index in [9.17, 15) is 67.4 Å². The molecule has 4 aliphatic rings. The van der Waals surface area contributed by atoms with Crippen LogP contribution in [0.5, 0.6) is 0 Å². The van der Waals surface area contributed by atoms with Gasteiger partial charge in [0, 0.05) is 6.42 Å². The summed E-state index contributed by atoms with van der Waals surface area (Å²) in [4.78, 5) is 149. The highest BCUT2D eigenvalue weighted by Gasteiger charge is 2.41. The Morgan fingerprint density at radius 2 is 0.515 bits per heavy atom. The van der Waals surface area contributed by atoms with E-state index in [0.29, 0.717) is 103 Å². The number of esters is 8. The molecule has 0 bridgehead atoms. The van der Waals surface area contributed by atoms with Crippen molar-refractivity contribution < 1.29 is 126 Å². The number of carboxylic acid groups (broad SMARTS) is 5. The summed E-state index contributed by atoms with van der Waals surface area (Å²) in [6, 6.07) is 0. The van der Waals surface area contributed by atoms with Crippen LogP contribution in [0.4, 0.5) is 0 Å². The molecule has 0 saturated heterocycles. The standard InChI is InChI=1S/C18H30O6.C17H28O6.C16H26O6.C13H22O4.C9H16O4/c1-4-18(2,3)17(22)24-12-8-7-11-23-16(21)14-10-6-5-9-13(14)15(19)20;1-4-17(2,3)16(21)23-11-7-10-22-15(20)13-9-6-5-8-12(13)14(18)19;1-4-16(2,3)15(20)22-10-9-21-14(19)12-8-6-5-7-11(12)13(17)18;1-4-13(2,3)12(16)17-10-8-6-5-7-9(10)11(14)15;1-4-9(2,3)8(12)13-6-5-7(10)11/h13-14H,4-12H2,1-3H3,(H,19,20);12-13H,4-11H2,1-3H3,(H,18,19);11-12H,4-10H2,1-3H3,(H,17,18);9-10H,4-8H2,1-3H3,(H,14,15);4-6H2,1-3H3,(H,10,11). The molecular weight excluding hydrogens is 1290 g/mol. The lowest BCUT2D eigenvalue weighted by molar-refractivity contribution is -0.169. The van der Waals surface area contributed by atoms with Crippen LogP contribution in [0.25, 0.3) is 0 Å². The summed E-state index contributed by atoms with van der Waals surface area (Å²) in [6.45, 7) is 28.5. The topological polar surface area (TPSA) is 397 Å². The van der Waals surface area contributed by atoms with Crippen LogP contribution in [0, 0.1) is 68.5 Å². The van der Waals surface area contributed by atoms with Gasteiger partial charge in [-0.15, -0.1) is 0 Å². The molecule has 0 radical (unpaired) electrons. The molecule has 4 saturated carbocycles. The molecule has 4 rings (SSSR count). The van der Waals surface area contributed by atoms with Crippen LogP contribution >= 0.6 is 0 Å². The summed E-state index contributed by atoms with van der Waals surface area (Å²) in [5.41, 5.74) is -2.58. The molecule has 0 aromatic carbocycles. The first kappa shape index (κ1) is 92.1. The second kappa shape index (κ2) is 46.5. The molecule has 570 valence electrons. The Bertz CT molecular complexity index is 2560. The van der Waals surface area contributed by atoms with Crippen LogP contribution in [0.2, 0.25) is 0 Å². The van der Waals surface area contributed by atoms with E-state index in [0.717, 1.165) is 57.8 Å². The molecule has 0 amide bonds. The summed E-state index contributed by atoms with van der Waals surface area (Å²) in [7, 11) is 0. The van der Waals surface area contributed by atoms with Crippen LogP contribution in [0.3, 0.4) is 0 Å². The van der Waals surface area contributed by atoms with Crippen LogP contribution < -0.4 is 0 Å². The fraction of sp³-hybridized carbons (Fsp3) is 0.822. The van der Waals surface area contributed by atoms with Crippen LogP contribution in [-0.2, 0) is 100 Å². The minimum absolute atomic E-state index is 0.00153. The minimum atomic E-state index is -0.956. The first-order valence-corrected chi connectivity index (χ1v) is 35.7. The van der Waals surface area contributed by atoms with Crippen molar-refractivity contribution in [1.29, 1.82) is 0 Å². The SMILES string of the molecule is CCC(C)(C)C(=O)OC1CCCCC1C(=O)O.CCC(C)(C)C(=O)OCCC(=O)O.CCC(C)(C)C(=O)OCCCCOC(=O)C1CCCCC1C(=O)O.CCC(C)(C)C(=O)OCCCOC(=O)C1CCCCC1C(=O)O.CCC(C)(C)C(=O)OCCOC(=O)C1CCCCC1C(=O)O. The van der Waals surface area contributed by atoms with E-state index in [2.05, 4.69) is 0 Å². The predicted octanol–water partition coefficient (Wildman–Crippen LogP) is 12.4. The molecule has 0 heterocycles. The average Bonchev–Trinajstić information content (AvgIpc) is 0.873. The van der Waals surface area contributed by atoms with Crippen LogP contribution in [-0.4, -0.2) is 155 Å². The molecule has 5 N–H and O–H groups in total. The zero-order chi connectivity index (χ0) is 75.9. The quantitative estimate of drug-likeness (QED) is 0.0231. The van der Waals surface area contributed by atoms with Gasteiger partial charge in [0.05, 0.1) is 101 Å². The molecule has 4 aliphatic carbocycles. The Morgan fingerprint density at radius 3 is 0.828 bits per heavy atom. The molecule has 8 atom stereocenters. The lowest BCUT2D eigenvalue weighted by Gasteiger charge is -2.31. The molecular formula is C73H122O26. The van der Waals surface area contributed by atoms with E-state index in [1.54, 1.807) is 27.7 Å². The highest BCUT2D eigenvalue weighted by molar-refractivity contribution is 5.83. The van der Waals surface area contributed by atoms with Gasteiger partial charge in [0.25, 0.3) is 0 Å². The highest BCUT2D eigenvalue weighted by Crippen LogP contribution is 2.35. The monoisotopic (exact) mass is 1410 g/mol. The van der Waals surface area contributed by atoms with Crippen molar-refractivity contribution in [1.82, 2.24) is 0 Å². The van der Waals surface area contributed by atoms with Crippen molar-refractivity contribution in [2.75, 3.05) is 46.2 Å². The Balaban J connectivity index is 0.00000123. The third-order valence-corrected chi connectivity index (χ3v) is 19.5. The summed E-state index contributed by atoms with van der Waals surface area (Å²) in [6.07, 6.45) is 15.9. The Labute approximate surface area is 586 Å². The number of unbranched alkanes of at least 4 members (excludes halogenated alkanes) is 1. The Morgan fingerprint density at radius 1 is 0.283 bits per heavy atom. The molecule has 0 aromatic heterocycles. The van der Waals surface area contributed by atoms with E-state index >= 15 is 0 Å². The molecule has 99 heavy (non-hydrogen) atoms. The Kier molecular flexibility index (Phi) is 43.3. The van der Waals surface area contributed by atoms with Gasteiger partial charge < -0.3 is 63.4 Å². The number of hydrogen-bond acceptors (Lipinski definition) is 21. The number of carboxylic acids is 5. The number of rotatable bonds is 33. The second-order valence-electron chi connectivity index (χ2n) is 29.1. The molecule has 0 aliphatic heterocycles. The summed E-state index contributed by atoms with van der Waals surface area (Å²) < 4.78 is 41.1. The largest absolute Gasteiger partial charge is 0.481 e. The van der Waals surface area contributed by atoms with E-state index in [-0.39, 0.29) is 75.9 Å². The van der Waals surface area contributed by atoms with Crippen molar-refractivity contribution >= 4 is 77.6 Å². The van der Waals surface area contributed by atoms with Gasteiger partial charge in [-0.1, -0.05) is 79.6 Å². The van der Waals surface area contributed by atoms with Gasteiger partial charge in [-0.25, -0.2) is 0 Å². The second-order valence-corrected chi connectivity index (χ2v) is 29.1. The fourth-order valence-electron chi connectivity index (χ4n) is 10.2. The van der Waals surface area contributed by atoms with Gasteiger partial charge in [0.1, 0.15) is 25.9 Å². The van der Waals surface area contributed by atoms with Crippen molar-refractivity contribution in [3.8, 4) is 0 Å². The molecule has 26 nitrogen and oxygen atoms in total. The maximum Gasteiger partial charge on any atom is 0.311 e. The summed E-state index contributed by atoms with van der Waals surface area (Å²) in [5.74, 6) is -11.5. The van der Waals surface area contributed by atoms with Gasteiger partial charge in [-0.3, -0.25) is 62.3 Å². The van der Waals surface area contributed by atoms with Crippen molar-refractivity contribution in [2.24, 2.45) is 68.5 Å². The third-order valence-electron chi connectivity index (χ3n) is 19.5. The van der Waals surface area contributed by atoms with Gasteiger partial charge >= 0.3 is 77.6 Å². The van der Waals surface area contributed by atoms with E-state index < -0.39 is 122 Å². The highest BCUT2D eigenvalue weighted by atomic mass is 16.6. The van der Waals surface area contributed by atoms with Gasteiger partial charge in [-0.2, -0.15) is 0 Å². The number of carbonyl (C=O) groups excluding carboxylic acids is 8. The maximum atomic E-state index is 12.1. The molecule has 8 unspecified atom stereocenters. The van der Waals surface area contributed by atoms with Crippen LogP contribution in [0.1, 0.15) is 264 Å². The predicted molar refractivity (Wildman–Crippen MR) is 362 cm³/mol. The summed E-state index contributed by atoms with van der Waals surface area (Å²) in [5, 5.41) is 44.9. The lowest BCUT2D eigenvalue weighted by Crippen LogP contribution is -2.38. The molecule has 0 spiro atoms. The molecule has 4 fully saturated rings. The lowest BCUT2D eigenvalue weighted by atomic mass is 9.79. The van der Waals surface area contributed by atoms with Crippen molar-refractivity contribution in [3.63, 3.8) is 0 Å². The zero-order valence-corrected chi connectivity index (χ0v) is 62.1. The van der Waals surface area contributed by atoms with E-state index in [4.69, 9.17) is 58.3 Å². The van der Waals surface area contributed by atoms with Crippen LogP contribution in [0.15, 0.2) is 0 Å². The number of ether oxygens (including phenoxy) is 8. The van der Waals surface area contributed by atoms with Gasteiger partial charge in [0.2, 0.25) is 0 Å². The van der Waals surface area contributed by atoms with E-state index in [1.807, 2.05) is 76.2 Å². The molecule has 0 aromatic rings. The van der Waals surface area contributed by atoms with Crippen molar-refractivity contribution in [2.45, 2.75) is 270 Å². The summed E-state index contributed by atoms with van der Waals surface area (Å²) >= 11 is 0.